The molecule has 0 aromatic heterocycles. The Labute approximate surface area is 237 Å². The number of rotatable bonds is 10. The van der Waals surface area contributed by atoms with Crippen LogP contribution in [0, 0.1) is 0 Å². The van der Waals surface area contributed by atoms with E-state index in [1.807, 2.05) is 45.0 Å². The molecule has 0 amide bonds. The van der Waals surface area contributed by atoms with Crippen molar-refractivity contribution in [3.05, 3.63) is 74.5 Å². The Morgan fingerprint density at radius 1 is 1.08 bits per heavy atom. The second kappa shape index (κ2) is 12.7. The largest absolute Gasteiger partial charge is 0.503 e. The third-order valence-corrected chi connectivity index (χ3v) is 7.59. The number of dihydropyridines is 1. The zero-order chi connectivity index (χ0) is 28.1. The van der Waals surface area contributed by atoms with E-state index >= 15 is 0 Å². The van der Waals surface area contributed by atoms with Crippen LogP contribution in [0.1, 0.15) is 56.6 Å². The zero-order valence-electron chi connectivity index (χ0n) is 22.6. The summed E-state index contributed by atoms with van der Waals surface area (Å²) < 4.78 is 22.2. The van der Waals surface area contributed by atoms with Crippen molar-refractivity contribution >= 4 is 27.7 Å². The zero-order valence-corrected chi connectivity index (χ0v) is 24.2. The number of phenolic OH excluding ortho intramolecular Hbond substituents is 1. The van der Waals surface area contributed by atoms with Crippen LogP contribution in [0.5, 0.6) is 17.2 Å². The number of hydrogen-bond acceptors (Lipinski definition) is 8. The summed E-state index contributed by atoms with van der Waals surface area (Å²) in [5.41, 5.74) is 3.96. The lowest BCUT2D eigenvalue weighted by atomic mass is 9.71. The smallest absolute Gasteiger partial charge is 0.336 e. The summed E-state index contributed by atoms with van der Waals surface area (Å²) in [4.78, 5) is 27.3. The predicted octanol–water partition coefficient (Wildman–Crippen LogP) is 5.50. The summed E-state index contributed by atoms with van der Waals surface area (Å²) in [6.07, 6.45) is 0.901. The molecule has 0 unspecified atom stereocenters. The van der Waals surface area contributed by atoms with Gasteiger partial charge < -0.3 is 29.4 Å². The molecule has 2 aromatic carbocycles. The highest BCUT2D eigenvalue weighted by molar-refractivity contribution is 9.10. The SMILES string of the molecule is CCOCCOC(=O)C1=C(C)NC2=C(C(=O)C[C@@H](c3ccc(OC)cc3)C2)[C@H]1c1cc(Br)c(O)c(OCC)c1. The second-order valence-corrected chi connectivity index (χ2v) is 10.3. The van der Waals surface area contributed by atoms with Crippen molar-refractivity contribution in [1.29, 1.82) is 0 Å². The van der Waals surface area contributed by atoms with E-state index in [2.05, 4.69) is 21.2 Å². The Bertz CT molecular complexity index is 1300. The standard InChI is InChI=1S/C30H34BrNO7/c1-5-37-11-12-39-30(35)26-17(3)32-23-14-19(18-7-9-21(36-4)10-8-18)15-24(33)28(23)27(26)20-13-22(31)29(34)25(16-20)38-6-2/h7-10,13,16,19,27,32,34H,5-6,11-12,14-15H2,1-4H3/t19-,27-/m0/s1. The maximum absolute atomic E-state index is 13.8. The average Bonchev–Trinajstić information content (AvgIpc) is 2.92. The fourth-order valence-corrected chi connectivity index (χ4v) is 5.66. The van der Waals surface area contributed by atoms with Gasteiger partial charge >= 0.3 is 5.97 Å². The van der Waals surface area contributed by atoms with Crippen molar-refractivity contribution in [2.75, 3.05) is 33.5 Å². The number of ketones is 1. The lowest BCUT2D eigenvalue weighted by Gasteiger charge is -2.37. The molecule has 1 aliphatic carbocycles. The number of carbonyl (C=O) groups is 2. The van der Waals surface area contributed by atoms with Gasteiger partial charge in [0.1, 0.15) is 12.4 Å². The number of hydrogen-bond donors (Lipinski definition) is 2. The van der Waals surface area contributed by atoms with Crippen LogP contribution in [0.15, 0.2) is 63.4 Å². The van der Waals surface area contributed by atoms with Gasteiger partial charge in [0.2, 0.25) is 0 Å². The molecule has 0 saturated heterocycles. The van der Waals surface area contributed by atoms with Gasteiger partial charge in [0.05, 0.1) is 30.4 Å². The third kappa shape index (κ3) is 6.15. The summed E-state index contributed by atoms with van der Waals surface area (Å²) in [6.45, 7) is 6.74. The number of carbonyl (C=O) groups excluding carboxylic acids is 2. The third-order valence-electron chi connectivity index (χ3n) is 6.98. The Morgan fingerprint density at radius 2 is 1.82 bits per heavy atom. The number of nitrogens with one attached hydrogen (secondary N) is 1. The number of aromatic hydroxyl groups is 1. The summed E-state index contributed by atoms with van der Waals surface area (Å²) in [6, 6.07) is 11.2. The molecule has 2 N–H and O–H groups in total. The van der Waals surface area contributed by atoms with E-state index in [0.717, 1.165) is 17.0 Å². The number of allylic oxidation sites excluding steroid dienone is 3. The number of ether oxygens (including phenoxy) is 4. The fraction of sp³-hybridized carbons (Fsp3) is 0.400. The second-order valence-electron chi connectivity index (χ2n) is 9.41. The van der Waals surface area contributed by atoms with Crippen molar-refractivity contribution in [2.24, 2.45) is 0 Å². The summed E-state index contributed by atoms with van der Waals surface area (Å²) in [7, 11) is 1.62. The molecule has 0 spiro atoms. The van der Waals surface area contributed by atoms with Gasteiger partial charge in [-0.25, -0.2) is 4.79 Å². The van der Waals surface area contributed by atoms with Crippen LogP contribution in [0.2, 0.25) is 0 Å². The number of Topliss-reactive ketones (excluding diaryl/α,β-unsaturated/α-hetero) is 1. The van der Waals surface area contributed by atoms with Crippen molar-refractivity contribution in [1.82, 2.24) is 5.32 Å². The molecule has 0 radical (unpaired) electrons. The minimum absolute atomic E-state index is 0.0201. The first-order valence-electron chi connectivity index (χ1n) is 13.1. The molecular weight excluding hydrogens is 566 g/mol. The molecule has 1 aliphatic heterocycles. The number of esters is 1. The van der Waals surface area contributed by atoms with E-state index in [1.165, 1.54) is 0 Å². The van der Waals surface area contributed by atoms with Crippen molar-refractivity contribution in [3.8, 4) is 17.2 Å². The highest BCUT2D eigenvalue weighted by atomic mass is 79.9. The van der Waals surface area contributed by atoms with Gasteiger partial charge in [0.25, 0.3) is 0 Å². The first-order valence-corrected chi connectivity index (χ1v) is 13.9. The van der Waals surface area contributed by atoms with Crippen molar-refractivity contribution in [2.45, 2.75) is 45.4 Å². The molecule has 39 heavy (non-hydrogen) atoms. The van der Waals surface area contributed by atoms with Crippen molar-refractivity contribution in [3.63, 3.8) is 0 Å². The molecule has 208 valence electrons. The molecular formula is C30H34BrNO7. The normalized spacial score (nSPS) is 18.9. The molecule has 2 atom stereocenters. The molecule has 0 bridgehead atoms. The predicted molar refractivity (Wildman–Crippen MR) is 150 cm³/mol. The Morgan fingerprint density at radius 3 is 2.49 bits per heavy atom. The van der Waals surface area contributed by atoms with Gasteiger partial charge in [-0.1, -0.05) is 12.1 Å². The van der Waals surface area contributed by atoms with E-state index in [9.17, 15) is 14.7 Å². The Hall–Kier alpha value is -3.30. The van der Waals surface area contributed by atoms with Gasteiger partial charge in [-0.15, -0.1) is 0 Å². The molecule has 9 heteroatoms. The molecule has 0 fully saturated rings. The van der Waals surface area contributed by atoms with E-state index in [4.69, 9.17) is 18.9 Å². The lowest BCUT2D eigenvalue weighted by Crippen LogP contribution is -2.36. The van der Waals surface area contributed by atoms with Crippen LogP contribution in [-0.2, 0) is 19.1 Å². The quantitative estimate of drug-likeness (QED) is 0.272. The van der Waals surface area contributed by atoms with E-state index < -0.39 is 11.9 Å². The van der Waals surface area contributed by atoms with Gasteiger partial charge in [0, 0.05) is 35.9 Å². The highest BCUT2D eigenvalue weighted by Gasteiger charge is 2.42. The van der Waals surface area contributed by atoms with Crippen LogP contribution >= 0.6 is 15.9 Å². The number of benzene rings is 2. The van der Waals surface area contributed by atoms with Gasteiger partial charge in [-0.3, -0.25) is 4.79 Å². The summed E-state index contributed by atoms with van der Waals surface area (Å²) in [5, 5.41) is 13.9. The van der Waals surface area contributed by atoms with Crippen molar-refractivity contribution < 1.29 is 33.6 Å². The molecule has 1 heterocycles. The first kappa shape index (κ1) is 28.7. The van der Waals surface area contributed by atoms with Gasteiger partial charge in [-0.2, -0.15) is 0 Å². The summed E-state index contributed by atoms with van der Waals surface area (Å²) >= 11 is 3.41. The van der Waals surface area contributed by atoms with E-state index in [-0.39, 0.29) is 36.4 Å². The highest BCUT2D eigenvalue weighted by Crippen LogP contribution is 2.48. The molecule has 4 rings (SSSR count). The lowest BCUT2D eigenvalue weighted by molar-refractivity contribution is -0.140. The van der Waals surface area contributed by atoms with Crippen LogP contribution in [-0.4, -0.2) is 50.4 Å². The maximum Gasteiger partial charge on any atom is 0.336 e. The molecule has 2 aliphatic rings. The molecule has 8 nitrogen and oxygen atoms in total. The van der Waals surface area contributed by atoms with Crippen LogP contribution < -0.4 is 14.8 Å². The van der Waals surface area contributed by atoms with Gasteiger partial charge in [0.15, 0.2) is 17.3 Å². The monoisotopic (exact) mass is 599 g/mol. The average molecular weight is 601 g/mol. The number of methoxy groups -OCH3 is 1. The van der Waals surface area contributed by atoms with Crippen LogP contribution in [0.25, 0.3) is 0 Å². The minimum Gasteiger partial charge on any atom is -0.503 e. The Kier molecular flexibility index (Phi) is 9.35. The minimum atomic E-state index is -0.693. The number of halogens is 1. The fourth-order valence-electron chi connectivity index (χ4n) is 5.20. The first-order chi connectivity index (χ1) is 18.8. The number of phenols is 1. The van der Waals surface area contributed by atoms with E-state index in [0.29, 0.717) is 52.9 Å². The van der Waals surface area contributed by atoms with Crippen LogP contribution in [0.3, 0.4) is 0 Å². The Balaban J connectivity index is 1.77. The van der Waals surface area contributed by atoms with Gasteiger partial charge in [-0.05, 0) is 84.4 Å². The van der Waals surface area contributed by atoms with Crippen LogP contribution in [0.4, 0.5) is 0 Å². The molecule has 0 saturated carbocycles. The molecule has 2 aromatic rings. The van der Waals surface area contributed by atoms with E-state index in [1.54, 1.807) is 19.2 Å². The maximum atomic E-state index is 13.8. The topological polar surface area (TPSA) is 103 Å². The summed E-state index contributed by atoms with van der Waals surface area (Å²) in [5.74, 6) is -0.309.